The predicted molar refractivity (Wildman–Crippen MR) is 71.9 cm³/mol. The minimum atomic E-state index is -0.530. The summed E-state index contributed by atoms with van der Waals surface area (Å²) in [4.78, 5) is 10.2. The number of nitrogens with two attached hydrogens (primary N) is 1. The molecule has 3 N–H and O–H groups in total. The molecule has 2 aromatic carbocycles. The van der Waals surface area contributed by atoms with Crippen molar-refractivity contribution in [2.45, 2.75) is 6.92 Å². The number of nitro benzene ring substituents is 1. The Labute approximate surface area is 109 Å². The van der Waals surface area contributed by atoms with Gasteiger partial charge in [0.25, 0.3) is 5.69 Å². The lowest BCUT2D eigenvalue weighted by atomic mass is 10.2. The number of non-ortho nitro benzene ring substituents is 1. The lowest BCUT2D eigenvalue weighted by molar-refractivity contribution is -0.384. The third-order valence-corrected chi connectivity index (χ3v) is 2.61. The number of benzene rings is 2. The molecule has 0 aliphatic carbocycles. The van der Waals surface area contributed by atoms with Crippen LogP contribution < -0.4 is 11.1 Å². The number of hydrogen-bond donors (Lipinski definition) is 2. The van der Waals surface area contributed by atoms with Crippen molar-refractivity contribution in [1.82, 2.24) is 0 Å². The first-order valence-electron chi connectivity index (χ1n) is 5.54. The lowest BCUT2D eigenvalue weighted by Gasteiger charge is -2.08. The number of nitro groups is 1. The third-order valence-electron chi connectivity index (χ3n) is 2.61. The quantitative estimate of drug-likeness (QED) is 0.504. The van der Waals surface area contributed by atoms with Crippen LogP contribution in [0.1, 0.15) is 5.56 Å². The van der Waals surface area contributed by atoms with Crippen molar-refractivity contribution in [2.24, 2.45) is 0 Å². The minimum Gasteiger partial charge on any atom is -0.398 e. The standard InChI is InChI=1S/C13H12FN3O2/c1-8-2-3-10(7-13(8)14)16-11-4-9(15)5-12(6-11)17(18)19/h2-7,16H,15H2,1H3. The molecule has 0 bridgehead atoms. The molecule has 0 saturated carbocycles. The largest absolute Gasteiger partial charge is 0.398 e. The van der Waals surface area contributed by atoms with E-state index in [0.29, 0.717) is 16.9 Å². The van der Waals surface area contributed by atoms with Gasteiger partial charge in [0.05, 0.1) is 4.92 Å². The first-order chi connectivity index (χ1) is 8.95. The first-order valence-corrected chi connectivity index (χ1v) is 5.54. The molecule has 0 saturated heterocycles. The summed E-state index contributed by atoms with van der Waals surface area (Å²) in [6.45, 7) is 1.66. The molecule has 0 amide bonds. The maximum Gasteiger partial charge on any atom is 0.273 e. The van der Waals surface area contributed by atoms with E-state index in [9.17, 15) is 14.5 Å². The second-order valence-electron chi connectivity index (χ2n) is 4.16. The van der Waals surface area contributed by atoms with Crippen LogP contribution >= 0.6 is 0 Å². The number of halogens is 1. The summed E-state index contributed by atoms with van der Waals surface area (Å²) >= 11 is 0. The lowest BCUT2D eigenvalue weighted by Crippen LogP contribution is -1.96. The maximum atomic E-state index is 13.4. The van der Waals surface area contributed by atoms with Crippen molar-refractivity contribution in [2.75, 3.05) is 11.1 Å². The molecule has 0 heterocycles. The first kappa shape index (κ1) is 12.8. The average Bonchev–Trinajstić information content (AvgIpc) is 2.33. The summed E-state index contributed by atoms with van der Waals surface area (Å²) < 4.78 is 13.4. The van der Waals surface area contributed by atoms with Gasteiger partial charge in [0.2, 0.25) is 0 Å². The van der Waals surface area contributed by atoms with Crippen molar-refractivity contribution in [3.63, 3.8) is 0 Å². The van der Waals surface area contributed by atoms with E-state index in [1.165, 1.54) is 18.2 Å². The van der Waals surface area contributed by atoms with Crippen molar-refractivity contribution < 1.29 is 9.31 Å². The van der Waals surface area contributed by atoms with Gasteiger partial charge in [0.1, 0.15) is 5.82 Å². The number of rotatable bonds is 3. The maximum absolute atomic E-state index is 13.4. The zero-order valence-electron chi connectivity index (χ0n) is 10.2. The van der Waals surface area contributed by atoms with Gasteiger partial charge < -0.3 is 11.1 Å². The number of aryl methyl sites for hydroxylation is 1. The van der Waals surface area contributed by atoms with Gasteiger partial charge in [0, 0.05) is 29.2 Å². The van der Waals surface area contributed by atoms with Crippen LogP contribution in [-0.4, -0.2) is 4.92 Å². The number of nitrogen functional groups attached to an aromatic ring is 1. The fourth-order valence-electron chi connectivity index (χ4n) is 1.65. The van der Waals surface area contributed by atoms with Gasteiger partial charge >= 0.3 is 0 Å². The Morgan fingerprint density at radius 2 is 1.95 bits per heavy atom. The van der Waals surface area contributed by atoms with Crippen molar-refractivity contribution in [1.29, 1.82) is 0 Å². The normalized spacial score (nSPS) is 10.2. The Hall–Kier alpha value is -2.63. The van der Waals surface area contributed by atoms with Crippen LogP contribution in [0.15, 0.2) is 36.4 Å². The fraction of sp³-hybridized carbons (Fsp3) is 0.0769. The SMILES string of the molecule is Cc1ccc(Nc2cc(N)cc([N+](=O)[O-])c2)cc1F. The topological polar surface area (TPSA) is 81.2 Å². The monoisotopic (exact) mass is 261 g/mol. The summed E-state index contributed by atoms with van der Waals surface area (Å²) in [5.74, 6) is -0.344. The third kappa shape index (κ3) is 2.98. The zero-order valence-corrected chi connectivity index (χ0v) is 10.2. The molecule has 19 heavy (non-hydrogen) atoms. The Kier molecular flexibility index (Phi) is 3.33. The molecule has 0 spiro atoms. The van der Waals surface area contributed by atoms with Crippen LogP contribution in [0.2, 0.25) is 0 Å². The van der Waals surface area contributed by atoms with Crippen molar-refractivity contribution in [3.8, 4) is 0 Å². The molecule has 0 aromatic heterocycles. The van der Waals surface area contributed by atoms with Crippen LogP contribution in [0.3, 0.4) is 0 Å². The van der Waals surface area contributed by atoms with Gasteiger partial charge in [-0.1, -0.05) is 6.07 Å². The van der Waals surface area contributed by atoms with Crippen LogP contribution in [0.4, 0.5) is 27.1 Å². The predicted octanol–water partition coefficient (Wildman–Crippen LogP) is 3.37. The van der Waals surface area contributed by atoms with Crippen LogP contribution in [-0.2, 0) is 0 Å². The molecule has 0 atom stereocenters. The van der Waals surface area contributed by atoms with Gasteiger partial charge in [-0.05, 0) is 30.7 Å². The van der Waals surface area contributed by atoms with E-state index in [4.69, 9.17) is 5.73 Å². The summed E-state index contributed by atoms with van der Waals surface area (Å²) in [5, 5.41) is 13.6. The molecular weight excluding hydrogens is 249 g/mol. The number of anilines is 3. The van der Waals surface area contributed by atoms with Gasteiger partial charge in [-0.15, -0.1) is 0 Å². The molecule has 2 rings (SSSR count). The minimum absolute atomic E-state index is 0.116. The highest BCUT2D eigenvalue weighted by molar-refractivity contribution is 5.67. The van der Waals surface area contributed by atoms with E-state index in [-0.39, 0.29) is 17.2 Å². The molecule has 0 aliphatic heterocycles. The smallest absolute Gasteiger partial charge is 0.273 e. The van der Waals surface area contributed by atoms with Crippen LogP contribution in [0.25, 0.3) is 0 Å². The Morgan fingerprint density at radius 3 is 2.58 bits per heavy atom. The van der Waals surface area contributed by atoms with Crippen molar-refractivity contribution in [3.05, 3.63) is 57.9 Å². The Balaban J connectivity index is 2.32. The van der Waals surface area contributed by atoms with Gasteiger partial charge in [-0.3, -0.25) is 10.1 Å². The van der Waals surface area contributed by atoms with Gasteiger partial charge in [0.15, 0.2) is 0 Å². The summed E-state index contributed by atoms with van der Waals surface area (Å²) in [6, 6.07) is 8.79. The fourth-order valence-corrected chi connectivity index (χ4v) is 1.65. The van der Waals surface area contributed by atoms with E-state index in [1.54, 1.807) is 25.1 Å². The van der Waals surface area contributed by atoms with E-state index < -0.39 is 4.92 Å². The molecular formula is C13H12FN3O2. The molecule has 0 aliphatic rings. The van der Waals surface area contributed by atoms with Crippen molar-refractivity contribution >= 4 is 22.7 Å². The number of nitrogens with one attached hydrogen (secondary N) is 1. The summed E-state index contributed by atoms with van der Waals surface area (Å²) in [6.07, 6.45) is 0. The molecule has 98 valence electrons. The highest BCUT2D eigenvalue weighted by Crippen LogP contribution is 2.25. The number of hydrogen-bond acceptors (Lipinski definition) is 4. The Bertz CT molecular complexity index is 644. The molecule has 6 heteroatoms. The van der Waals surface area contributed by atoms with E-state index in [2.05, 4.69) is 5.32 Å². The van der Waals surface area contributed by atoms with Crippen LogP contribution in [0.5, 0.6) is 0 Å². The number of nitrogens with zero attached hydrogens (tertiary/aromatic N) is 1. The molecule has 0 radical (unpaired) electrons. The molecule has 2 aromatic rings. The van der Waals surface area contributed by atoms with Gasteiger partial charge in [-0.25, -0.2) is 4.39 Å². The van der Waals surface area contributed by atoms with Gasteiger partial charge in [-0.2, -0.15) is 0 Å². The van der Waals surface area contributed by atoms with E-state index in [0.717, 1.165) is 0 Å². The van der Waals surface area contributed by atoms with E-state index in [1.807, 2.05) is 0 Å². The summed E-state index contributed by atoms with van der Waals surface area (Å²) in [5.41, 5.74) is 7.21. The molecule has 0 fully saturated rings. The second-order valence-corrected chi connectivity index (χ2v) is 4.16. The average molecular weight is 261 g/mol. The second kappa shape index (κ2) is 4.93. The molecule has 5 nitrogen and oxygen atoms in total. The zero-order chi connectivity index (χ0) is 14.0. The van der Waals surface area contributed by atoms with Crippen LogP contribution in [0, 0.1) is 22.9 Å². The summed E-state index contributed by atoms with van der Waals surface area (Å²) in [7, 11) is 0. The van der Waals surface area contributed by atoms with E-state index >= 15 is 0 Å². The highest BCUT2D eigenvalue weighted by Gasteiger charge is 2.09. The highest BCUT2D eigenvalue weighted by atomic mass is 19.1. The Morgan fingerprint density at radius 1 is 1.21 bits per heavy atom. The molecule has 0 unspecified atom stereocenters.